The standard InChI is InChI=1S/C21H23N3O5/c1-5-28-19(25)9-8-17-13(2)22-23(4)20(17)24-11-10-15-6-7-16(12-18(15)24)29-14(3)21(26)27/h6-12,14H,5H2,1-4H3,(H,26,27). The minimum absolute atomic E-state index is 0.307. The van der Waals surface area contributed by atoms with Gasteiger partial charge < -0.3 is 19.1 Å². The minimum Gasteiger partial charge on any atom is -0.479 e. The number of aryl methyl sites for hydroxylation is 2. The average molecular weight is 397 g/mol. The number of nitrogens with zero attached hydrogens (tertiary/aromatic N) is 3. The van der Waals surface area contributed by atoms with Gasteiger partial charge in [-0.25, -0.2) is 9.59 Å². The Kier molecular flexibility index (Phi) is 5.72. The van der Waals surface area contributed by atoms with Gasteiger partial charge in [0, 0.05) is 36.3 Å². The maximum absolute atomic E-state index is 11.7. The molecule has 1 N–H and O–H groups in total. The molecule has 0 amide bonds. The fourth-order valence-electron chi connectivity index (χ4n) is 3.11. The summed E-state index contributed by atoms with van der Waals surface area (Å²) in [7, 11) is 1.82. The largest absolute Gasteiger partial charge is 0.479 e. The van der Waals surface area contributed by atoms with E-state index in [2.05, 4.69) is 5.10 Å². The Labute approximate surface area is 168 Å². The SMILES string of the molecule is CCOC(=O)C=Cc1c(C)nn(C)c1-n1ccc2ccc(OC(C)C(=O)O)cc21. The molecule has 0 radical (unpaired) electrons. The highest BCUT2D eigenvalue weighted by molar-refractivity contribution is 5.89. The van der Waals surface area contributed by atoms with Crippen LogP contribution in [0, 0.1) is 6.92 Å². The molecule has 3 rings (SSSR count). The number of aromatic nitrogens is 3. The van der Waals surface area contributed by atoms with Crippen molar-refractivity contribution in [1.29, 1.82) is 0 Å². The first-order valence-corrected chi connectivity index (χ1v) is 9.21. The molecule has 2 aromatic heterocycles. The van der Waals surface area contributed by atoms with Crippen molar-refractivity contribution in [3.63, 3.8) is 0 Å². The van der Waals surface area contributed by atoms with Crippen molar-refractivity contribution in [2.75, 3.05) is 6.61 Å². The van der Waals surface area contributed by atoms with Crippen molar-refractivity contribution in [2.24, 2.45) is 7.05 Å². The smallest absolute Gasteiger partial charge is 0.344 e. The molecule has 0 aliphatic heterocycles. The molecule has 1 unspecified atom stereocenters. The second kappa shape index (κ2) is 8.22. The van der Waals surface area contributed by atoms with Gasteiger partial charge in [-0.2, -0.15) is 5.10 Å². The first-order chi connectivity index (χ1) is 13.8. The van der Waals surface area contributed by atoms with Crippen LogP contribution in [0.25, 0.3) is 22.8 Å². The van der Waals surface area contributed by atoms with Gasteiger partial charge in [-0.05, 0) is 45.0 Å². The van der Waals surface area contributed by atoms with E-state index < -0.39 is 18.0 Å². The Morgan fingerprint density at radius 3 is 2.76 bits per heavy atom. The number of ether oxygens (including phenoxy) is 2. The highest BCUT2D eigenvalue weighted by Crippen LogP contribution is 2.28. The molecule has 0 saturated carbocycles. The van der Waals surface area contributed by atoms with Crippen molar-refractivity contribution in [3.05, 3.63) is 47.8 Å². The van der Waals surface area contributed by atoms with Gasteiger partial charge in [0.25, 0.3) is 0 Å². The summed E-state index contributed by atoms with van der Waals surface area (Å²) >= 11 is 0. The van der Waals surface area contributed by atoms with Crippen LogP contribution in [0.3, 0.4) is 0 Å². The maximum atomic E-state index is 11.7. The molecular formula is C21H23N3O5. The highest BCUT2D eigenvalue weighted by Gasteiger charge is 2.17. The average Bonchev–Trinajstić information content (AvgIpc) is 3.19. The lowest BCUT2D eigenvalue weighted by Gasteiger charge is -2.12. The van der Waals surface area contributed by atoms with E-state index in [0.29, 0.717) is 12.4 Å². The van der Waals surface area contributed by atoms with Crippen LogP contribution in [0.1, 0.15) is 25.1 Å². The molecule has 2 heterocycles. The van der Waals surface area contributed by atoms with Gasteiger partial charge in [0.05, 0.1) is 17.8 Å². The summed E-state index contributed by atoms with van der Waals surface area (Å²) in [5.41, 5.74) is 2.37. The summed E-state index contributed by atoms with van der Waals surface area (Å²) in [5.74, 6) is -0.233. The van der Waals surface area contributed by atoms with Crippen LogP contribution in [0.2, 0.25) is 0 Å². The summed E-state index contributed by atoms with van der Waals surface area (Å²) in [4.78, 5) is 22.8. The lowest BCUT2D eigenvalue weighted by atomic mass is 10.2. The third kappa shape index (κ3) is 4.16. The van der Waals surface area contributed by atoms with E-state index >= 15 is 0 Å². The number of hydrogen-bond acceptors (Lipinski definition) is 5. The zero-order valence-corrected chi connectivity index (χ0v) is 16.7. The number of fused-ring (bicyclic) bond motifs is 1. The zero-order chi connectivity index (χ0) is 21.1. The Morgan fingerprint density at radius 1 is 1.31 bits per heavy atom. The number of esters is 1. The number of rotatable bonds is 7. The molecular weight excluding hydrogens is 374 g/mol. The highest BCUT2D eigenvalue weighted by atomic mass is 16.5. The quantitative estimate of drug-likeness (QED) is 0.486. The molecule has 0 bridgehead atoms. The van der Waals surface area contributed by atoms with Crippen LogP contribution in [0.4, 0.5) is 0 Å². The van der Waals surface area contributed by atoms with Crippen LogP contribution < -0.4 is 4.74 Å². The lowest BCUT2D eigenvalue weighted by Crippen LogP contribution is -2.22. The molecule has 0 fully saturated rings. The number of aliphatic carboxylic acids is 1. The molecule has 1 atom stereocenters. The van der Waals surface area contributed by atoms with Crippen molar-refractivity contribution < 1.29 is 24.2 Å². The molecule has 0 aliphatic rings. The maximum Gasteiger partial charge on any atom is 0.344 e. The summed E-state index contributed by atoms with van der Waals surface area (Å²) in [5, 5.41) is 14.5. The zero-order valence-electron chi connectivity index (χ0n) is 16.7. The molecule has 29 heavy (non-hydrogen) atoms. The monoisotopic (exact) mass is 397 g/mol. The van der Waals surface area contributed by atoms with E-state index in [1.165, 1.54) is 13.0 Å². The van der Waals surface area contributed by atoms with Gasteiger partial charge in [0.15, 0.2) is 6.10 Å². The predicted molar refractivity (Wildman–Crippen MR) is 108 cm³/mol. The van der Waals surface area contributed by atoms with Crippen LogP contribution in [-0.2, 0) is 21.4 Å². The number of hydrogen-bond donors (Lipinski definition) is 1. The minimum atomic E-state index is -1.03. The fourth-order valence-corrected chi connectivity index (χ4v) is 3.11. The summed E-state index contributed by atoms with van der Waals surface area (Å²) < 4.78 is 14.1. The number of benzene rings is 1. The van der Waals surface area contributed by atoms with E-state index in [1.54, 1.807) is 29.8 Å². The Balaban J connectivity index is 2.06. The van der Waals surface area contributed by atoms with E-state index in [0.717, 1.165) is 28.0 Å². The number of carboxylic acid groups (broad SMARTS) is 1. The van der Waals surface area contributed by atoms with Crippen LogP contribution in [0.5, 0.6) is 5.75 Å². The van der Waals surface area contributed by atoms with Crippen molar-refractivity contribution in [1.82, 2.24) is 14.3 Å². The molecule has 0 saturated heterocycles. The number of carboxylic acids is 1. The molecule has 8 nitrogen and oxygen atoms in total. The van der Waals surface area contributed by atoms with Crippen molar-refractivity contribution in [2.45, 2.75) is 26.9 Å². The number of carbonyl (C=O) groups excluding carboxylic acids is 1. The second-order valence-electron chi connectivity index (χ2n) is 6.54. The van der Waals surface area contributed by atoms with Gasteiger partial charge >= 0.3 is 11.9 Å². The summed E-state index contributed by atoms with van der Waals surface area (Å²) in [6.07, 6.45) is 4.01. The van der Waals surface area contributed by atoms with Gasteiger partial charge in [-0.15, -0.1) is 0 Å². The first kappa shape index (κ1) is 20.2. The van der Waals surface area contributed by atoms with Crippen molar-refractivity contribution in [3.8, 4) is 11.6 Å². The molecule has 1 aromatic carbocycles. The summed E-state index contributed by atoms with van der Waals surface area (Å²) in [6.45, 7) is 5.41. The van der Waals surface area contributed by atoms with Crippen LogP contribution >= 0.6 is 0 Å². The Hall–Kier alpha value is -3.55. The van der Waals surface area contributed by atoms with Crippen LogP contribution in [0.15, 0.2) is 36.5 Å². The van der Waals surface area contributed by atoms with E-state index in [9.17, 15) is 9.59 Å². The van der Waals surface area contributed by atoms with Crippen LogP contribution in [-0.4, -0.2) is 44.1 Å². The normalized spacial score (nSPS) is 12.4. The molecule has 8 heteroatoms. The van der Waals surface area contributed by atoms with Gasteiger partial charge in [0.2, 0.25) is 0 Å². The molecule has 0 spiro atoms. The molecule has 152 valence electrons. The van der Waals surface area contributed by atoms with E-state index in [1.807, 2.05) is 36.9 Å². The Bertz CT molecular complexity index is 1090. The number of carbonyl (C=O) groups is 2. The first-order valence-electron chi connectivity index (χ1n) is 9.21. The Morgan fingerprint density at radius 2 is 2.07 bits per heavy atom. The van der Waals surface area contributed by atoms with E-state index in [4.69, 9.17) is 14.6 Å². The van der Waals surface area contributed by atoms with Gasteiger partial charge in [0.1, 0.15) is 11.6 Å². The molecule has 3 aromatic rings. The van der Waals surface area contributed by atoms with E-state index in [-0.39, 0.29) is 0 Å². The molecule has 0 aliphatic carbocycles. The third-order valence-corrected chi connectivity index (χ3v) is 4.46. The second-order valence-corrected chi connectivity index (χ2v) is 6.54. The van der Waals surface area contributed by atoms with Gasteiger partial charge in [-0.3, -0.25) is 4.68 Å². The lowest BCUT2D eigenvalue weighted by molar-refractivity contribution is -0.144. The topological polar surface area (TPSA) is 95.6 Å². The predicted octanol–water partition coefficient (Wildman–Crippen LogP) is 3.10. The third-order valence-electron chi connectivity index (χ3n) is 4.46. The summed E-state index contributed by atoms with van der Waals surface area (Å²) in [6, 6.07) is 7.34. The van der Waals surface area contributed by atoms with Crippen molar-refractivity contribution >= 4 is 28.9 Å². The fraction of sp³-hybridized carbons (Fsp3) is 0.286. The van der Waals surface area contributed by atoms with Gasteiger partial charge in [-0.1, -0.05) is 0 Å².